The average Bonchev–Trinajstić information content (AvgIpc) is 3.43. The third-order valence-electron chi connectivity index (χ3n) is 5.77. The van der Waals surface area contributed by atoms with Crippen LogP contribution in [0.1, 0.15) is 50.6 Å². The van der Waals surface area contributed by atoms with E-state index in [0.29, 0.717) is 13.1 Å². The van der Waals surface area contributed by atoms with Crippen molar-refractivity contribution in [2.75, 3.05) is 6.54 Å². The molecule has 2 fully saturated rings. The van der Waals surface area contributed by atoms with Gasteiger partial charge in [0.05, 0.1) is 12.2 Å². The Morgan fingerprint density at radius 3 is 2.66 bits per heavy atom. The van der Waals surface area contributed by atoms with E-state index in [1.54, 1.807) is 16.2 Å². The van der Waals surface area contributed by atoms with Gasteiger partial charge in [-0.1, -0.05) is 49.6 Å². The number of nitrogens with one attached hydrogen (secondary N) is 2. The Morgan fingerprint density at radius 1 is 1.07 bits per heavy atom. The standard InChI is InChI=1S/C22H28N4O2S/c27-20(23-14-18-15-29-21(24-18)16-8-3-1-4-9-16)19-12-7-13-26(19)22(28)25-17-10-5-2-6-11-17/h1,3-4,8-9,15,17,19H,2,5-7,10-14H2,(H,23,27)(H,25,28). The number of likely N-dealkylation sites (tertiary alicyclic amines) is 1. The van der Waals surface area contributed by atoms with Crippen LogP contribution in [-0.4, -0.2) is 40.5 Å². The molecule has 1 unspecified atom stereocenters. The first-order valence-electron chi connectivity index (χ1n) is 10.6. The smallest absolute Gasteiger partial charge is 0.318 e. The van der Waals surface area contributed by atoms with Crippen molar-refractivity contribution in [3.8, 4) is 10.6 Å². The van der Waals surface area contributed by atoms with Gasteiger partial charge in [-0.15, -0.1) is 11.3 Å². The monoisotopic (exact) mass is 412 g/mol. The van der Waals surface area contributed by atoms with Crippen LogP contribution in [0.25, 0.3) is 10.6 Å². The van der Waals surface area contributed by atoms with Gasteiger partial charge in [-0.3, -0.25) is 4.79 Å². The van der Waals surface area contributed by atoms with Crippen molar-refractivity contribution in [2.24, 2.45) is 0 Å². The number of aromatic nitrogens is 1. The molecule has 0 bridgehead atoms. The summed E-state index contributed by atoms with van der Waals surface area (Å²) in [6, 6.07) is 9.81. The molecule has 1 saturated heterocycles. The zero-order valence-electron chi connectivity index (χ0n) is 16.6. The Hall–Kier alpha value is -2.41. The van der Waals surface area contributed by atoms with Gasteiger partial charge < -0.3 is 15.5 Å². The molecule has 154 valence electrons. The molecule has 1 aliphatic heterocycles. The van der Waals surface area contributed by atoms with E-state index in [4.69, 9.17) is 0 Å². The molecule has 4 rings (SSSR count). The lowest BCUT2D eigenvalue weighted by atomic mass is 9.96. The zero-order chi connectivity index (χ0) is 20.1. The summed E-state index contributed by atoms with van der Waals surface area (Å²) in [5.74, 6) is -0.0874. The molecule has 1 saturated carbocycles. The summed E-state index contributed by atoms with van der Waals surface area (Å²) in [5, 5.41) is 9.04. The predicted octanol–water partition coefficient (Wildman–Crippen LogP) is 3.93. The van der Waals surface area contributed by atoms with Crippen LogP contribution in [0.2, 0.25) is 0 Å². The average molecular weight is 413 g/mol. The normalized spacial score (nSPS) is 19.9. The van der Waals surface area contributed by atoms with E-state index in [1.165, 1.54) is 19.3 Å². The number of hydrogen-bond acceptors (Lipinski definition) is 4. The second kappa shape index (κ2) is 9.39. The topological polar surface area (TPSA) is 74.3 Å². The quantitative estimate of drug-likeness (QED) is 0.781. The fourth-order valence-corrected chi connectivity index (χ4v) is 5.01. The maximum absolute atomic E-state index is 12.7. The van der Waals surface area contributed by atoms with E-state index in [1.807, 2.05) is 35.7 Å². The minimum absolute atomic E-state index is 0.0874. The van der Waals surface area contributed by atoms with Crippen LogP contribution in [0.3, 0.4) is 0 Å². The Morgan fingerprint density at radius 2 is 1.86 bits per heavy atom. The molecule has 0 spiro atoms. The van der Waals surface area contributed by atoms with Crippen LogP contribution in [0.5, 0.6) is 0 Å². The van der Waals surface area contributed by atoms with Gasteiger partial charge in [0.15, 0.2) is 0 Å². The van der Waals surface area contributed by atoms with Crippen molar-refractivity contribution in [1.82, 2.24) is 20.5 Å². The summed E-state index contributed by atoms with van der Waals surface area (Å²) in [6.45, 7) is 1.03. The van der Waals surface area contributed by atoms with Crippen molar-refractivity contribution < 1.29 is 9.59 Å². The zero-order valence-corrected chi connectivity index (χ0v) is 17.4. The van der Waals surface area contributed by atoms with E-state index < -0.39 is 0 Å². The van der Waals surface area contributed by atoms with E-state index in [9.17, 15) is 9.59 Å². The molecule has 2 N–H and O–H groups in total. The number of benzene rings is 1. The summed E-state index contributed by atoms with van der Waals surface area (Å²) in [7, 11) is 0. The van der Waals surface area contributed by atoms with Crippen molar-refractivity contribution in [3.63, 3.8) is 0 Å². The molecule has 1 aromatic heterocycles. The first-order valence-corrected chi connectivity index (χ1v) is 11.4. The molecule has 29 heavy (non-hydrogen) atoms. The number of nitrogens with zero attached hydrogens (tertiary/aromatic N) is 2. The number of thiazole rings is 1. The summed E-state index contributed by atoms with van der Waals surface area (Å²) in [6.07, 6.45) is 7.28. The molecule has 7 heteroatoms. The number of rotatable bonds is 5. The molecular weight excluding hydrogens is 384 g/mol. The van der Waals surface area contributed by atoms with Crippen molar-refractivity contribution >= 4 is 23.3 Å². The molecule has 2 heterocycles. The number of carbonyl (C=O) groups excluding carboxylic acids is 2. The first kappa shape index (κ1) is 19.9. The Labute approximate surface area is 175 Å². The van der Waals surface area contributed by atoms with Crippen LogP contribution in [0.4, 0.5) is 4.79 Å². The van der Waals surface area contributed by atoms with Gasteiger partial charge in [0.2, 0.25) is 5.91 Å². The summed E-state index contributed by atoms with van der Waals surface area (Å²) >= 11 is 1.57. The molecule has 1 atom stereocenters. The molecule has 6 nitrogen and oxygen atoms in total. The van der Waals surface area contributed by atoms with Gasteiger partial charge in [-0.05, 0) is 25.7 Å². The van der Waals surface area contributed by atoms with Gasteiger partial charge in [-0.2, -0.15) is 0 Å². The van der Waals surface area contributed by atoms with Gasteiger partial charge >= 0.3 is 6.03 Å². The van der Waals surface area contributed by atoms with Crippen molar-refractivity contribution in [3.05, 3.63) is 41.4 Å². The van der Waals surface area contributed by atoms with Crippen molar-refractivity contribution in [2.45, 2.75) is 63.6 Å². The van der Waals surface area contributed by atoms with Gasteiger partial charge in [0.1, 0.15) is 11.0 Å². The fraction of sp³-hybridized carbons (Fsp3) is 0.500. The maximum Gasteiger partial charge on any atom is 0.318 e. The lowest BCUT2D eigenvalue weighted by Gasteiger charge is -2.29. The van der Waals surface area contributed by atoms with Crippen LogP contribution < -0.4 is 10.6 Å². The number of amides is 3. The summed E-state index contributed by atoms with van der Waals surface area (Å²) in [5.41, 5.74) is 1.93. The fourth-order valence-electron chi connectivity index (χ4n) is 4.18. The van der Waals surface area contributed by atoms with Gasteiger partial charge in [0.25, 0.3) is 0 Å². The lowest BCUT2D eigenvalue weighted by Crippen LogP contribution is -2.51. The SMILES string of the molecule is O=C(NCc1csc(-c2ccccc2)n1)C1CCCN1C(=O)NC1CCCCC1. The minimum Gasteiger partial charge on any atom is -0.349 e. The van der Waals surface area contributed by atoms with Gasteiger partial charge in [0, 0.05) is 23.5 Å². The van der Waals surface area contributed by atoms with Crippen LogP contribution in [0, 0.1) is 0 Å². The predicted molar refractivity (Wildman–Crippen MR) is 115 cm³/mol. The maximum atomic E-state index is 12.7. The highest BCUT2D eigenvalue weighted by Gasteiger charge is 2.34. The Kier molecular flexibility index (Phi) is 6.44. The van der Waals surface area contributed by atoms with Crippen LogP contribution >= 0.6 is 11.3 Å². The second-order valence-corrected chi connectivity index (χ2v) is 8.72. The summed E-state index contributed by atoms with van der Waals surface area (Å²) in [4.78, 5) is 31.8. The molecular formula is C22H28N4O2S. The van der Waals surface area contributed by atoms with E-state index in [2.05, 4.69) is 15.6 Å². The summed E-state index contributed by atoms with van der Waals surface area (Å²) < 4.78 is 0. The molecule has 1 aromatic carbocycles. The van der Waals surface area contributed by atoms with Crippen LogP contribution in [0.15, 0.2) is 35.7 Å². The molecule has 3 amide bonds. The molecule has 2 aliphatic rings. The first-order chi connectivity index (χ1) is 14.2. The Balaban J connectivity index is 1.30. The molecule has 1 aliphatic carbocycles. The number of carbonyl (C=O) groups is 2. The largest absolute Gasteiger partial charge is 0.349 e. The highest BCUT2D eigenvalue weighted by Crippen LogP contribution is 2.24. The molecule has 0 radical (unpaired) electrons. The van der Waals surface area contributed by atoms with E-state index in [0.717, 1.165) is 41.9 Å². The minimum atomic E-state index is -0.383. The van der Waals surface area contributed by atoms with E-state index >= 15 is 0 Å². The number of urea groups is 1. The lowest BCUT2D eigenvalue weighted by molar-refractivity contribution is -0.124. The number of hydrogen-bond donors (Lipinski definition) is 2. The Bertz CT molecular complexity index is 832. The van der Waals surface area contributed by atoms with Crippen LogP contribution in [-0.2, 0) is 11.3 Å². The highest BCUT2D eigenvalue weighted by atomic mass is 32.1. The molecule has 2 aromatic rings. The van der Waals surface area contributed by atoms with Gasteiger partial charge in [-0.25, -0.2) is 9.78 Å². The third kappa shape index (κ3) is 4.96. The van der Waals surface area contributed by atoms with E-state index in [-0.39, 0.29) is 24.0 Å². The highest BCUT2D eigenvalue weighted by molar-refractivity contribution is 7.13. The van der Waals surface area contributed by atoms with Crippen molar-refractivity contribution in [1.29, 1.82) is 0 Å². The second-order valence-electron chi connectivity index (χ2n) is 7.86. The third-order valence-corrected chi connectivity index (χ3v) is 6.71.